The summed E-state index contributed by atoms with van der Waals surface area (Å²) in [5, 5.41) is 2.86. The van der Waals surface area contributed by atoms with Crippen LogP contribution in [0.2, 0.25) is 0 Å². The van der Waals surface area contributed by atoms with Crippen molar-refractivity contribution in [1.29, 1.82) is 0 Å². The van der Waals surface area contributed by atoms with Crippen molar-refractivity contribution in [2.45, 2.75) is 13.3 Å². The number of anilines is 1. The van der Waals surface area contributed by atoms with Gasteiger partial charge in [-0.15, -0.1) is 0 Å². The van der Waals surface area contributed by atoms with E-state index >= 15 is 0 Å². The summed E-state index contributed by atoms with van der Waals surface area (Å²) in [5.74, 6) is 1.63. The van der Waals surface area contributed by atoms with E-state index in [9.17, 15) is 4.79 Å². The molecule has 2 aromatic carbocycles. The van der Waals surface area contributed by atoms with Crippen LogP contribution in [0.3, 0.4) is 0 Å². The lowest BCUT2D eigenvalue weighted by molar-refractivity contribution is -0.111. The van der Waals surface area contributed by atoms with Crippen LogP contribution < -0.4 is 19.5 Å². The average molecular weight is 339 g/mol. The molecule has 2 aromatic rings. The van der Waals surface area contributed by atoms with Gasteiger partial charge in [-0.1, -0.05) is 19.1 Å². The highest BCUT2D eigenvalue weighted by atomic mass is 16.6. The molecule has 0 saturated heterocycles. The molecule has 0 fully saturated rings. The second-order valence-corrected chi connectivity index (χ2v) is 5.62. The van der Waals surface area contributed by atoms with Crippen molar-refractivity contribution >= 4 is 17.7 Å². The normalized spacial score (nSPS) is 12.9. The summed E-state index contributed by atoms with van der Waals surface area (Å²) >= 11 is 0. The molecule has 130 valence electrons. The van der Waals surface area contributed by atoms with Crippen molar-refractivity contribution in [2.24, 2.45) is 0 Å². The first-order valence-electron chi connectivity index (χ1n) is 8.25. The van der Waals surface area contributed by atoms with Gasteiger partial charge in [-0.3, -0.25) is 4.79 Å². The summed E-state index contributed by atoms with van der Waals surface area (Å²) in [4.78, 5) is 12.1. The van der Waals surface area contributed by atoms with Crippen LogP contribution in [0.25, 0.3) is 6.08 Å². The van der Waals surface area contributed by atoms with E-state index in [-0.39, 0.29) is 5.91 Å². The number of hydrogen-bond acceptors (Lipinski definition) is 4. The highest BCUT2D eigenvalue weighted by Crippen LogP contribution is 2.40. The summed E-state index contributed by atoms with van der Waals surface area (Å²) in [7, 11) is 1.58. The largest absolute Gasteiger partial charge is 0.493 e. The van der Waals surface area contributed by atoms with Gasteiger partial charge in [0.05, 0.1) is 7.11 Å². The van der Waals surface area contributed by atoms with E-state index in [1.165, 1.54) is 11.6 Å². The Morgan fingerprint density at radius 1 is 1.24 bits per heavy atom. The number of methoxy groups -OCH3 is 1. The lowest BCUT2D eigenvalue weighted by Crippen LogP contribution is -2.16. The molecule has 5 heteroatoms. The molecule has 0 unspecified atom stereocenters. The first kappa shape index (κ1) is 16.9. The number of ether oxygens (including phenoxy) is 3. The van der Waals surface area contributed by atoms with E-state index in [4.69, 9.17) is 14.2 Å². The Morgan fingerprint density at radius 2 is 2.08 bits per heavy atom. The SMILES string of the molecule is CCc1cccc(NC(=O)/C=C/c2cc(OC)c3c(c2)OCCO3)c1. The third-order valence-corrected chi connectivity index (χ3v) is 3.88. The third-order valence-electron chi connectivity index (χ3n) is 3.88. The van der Waals surface area contributed by atoms with Gasteiger partial charge in [-0.25, -0.2) is 0 Å². The fourth-order valence-corrected chi connectivity index (χ4v) is 2.61. The summed E-state index contributed by atoms with van der Waals surface area (Å²) in [6.45, 7) is 3.07. The zero-order valence-electron chi connectivity index (χ0n) is 14.4. The Balaban J connectivity index is 1.73. The lowest BCUT2D eigenvalue weighted by atomic mass is 10.1. The number of carbonyl (C=O) groups is 1. The quantitative estimate of drug-likeness (QED) is 0.844. The number of aryl methyl sites for hydroxylation is 1. The van der Waals surface area contributed by atoms with Gasteiger partial charge in [0.2, 0.25) is 11.7 Å². The van der Waals surface area contributed by atoms with Crippen molar-refractivity contribution in [1.82, 2.24) is 0 Å². The van der Waals surface area contributed by atoms with Gasteiger partial charge in [0, 0.05) is 11.8 Å². The average Bonchev–Trinajstić information content (AvgIpc) is 2.65. The molecule has 0 saturated carbocycles. The van der Waals surface area contributed by atoms with E-state index in [1.807, 2.05) is 36.4 Å². The van der Waals surface area contributed by atoms with Gasteiger partial charge in [-0.05, 0) is 47.9 Å². The van der Waals surface area contributed by atoms with Crippen molar-refractivity contribution in [3.05, 3.63) is 53.6 Å². The first-order valence-corrected chi connectivity index (χ1v) is 8.25. The lowest BCUT2D eigenvalue weighted by Gasteiger charge is -2.20. The number of fused-ring (bicyclic) bond motifs is 1. The van der Waals surface area contributed by atoms with E-state index in [0.717, 1.165) is 17.7 Å². The Bertz CT molecular complexity index is 781. The highest BCUT2D eigenvalue weighted by Gasteiger charge is 2.17. The Morgan fingerprint density at radius 3 is 2.88 bits per heavy atom. The van der Waals surface area contributed by atoms with E-state index in [1.54, 1.807) is 13.2 Å². The third kappa shape index (κ3) is 4.12. The van der Waals surface area contributed by atoms with Crippen LogP contribution in [-0.2, 0) is 11.2 Å². The van der Waals surface area contributed by atoms with Gasteiger partial charge in [0.1, 0.15) is 13.2 Å². The molecular weight excluding hydrogens is 318 g/mol. The van der Waals surface area contributed by atoms with Crippen LogP contribution in [0.4, 0.5) is 5.69 Å². The number of rotatable bonds is 5. The topological polar surface area (TPSA) is 56.8 Å². The molecular formula is C20H21NO4. The molecule has 1 heterocycles. The Kier molecular flexibility index (Phi) is 5.23. The summed E-state index contributed by atoms with van der Waals surface area (Å²) in [6, 6.07) is 11.5. The zero-order chi connectivity index (χ0) is 17.6. The van der Waals surface area contributed by atoms with Gasteiger partial charge in [0.25, 0.3) is 0 Å². The second-order valence-electron chi connectivity index (χ2n) is 5.62. The predicted molar refractivity (Wildman–Crippen MR) is 97.5 cm³/mol. The molecule has 0 bridgehead atoms. The van der Waals surface area contributed by atoms with Crippen LogP contribution in [-0.4, -0.2) is 26.2 Å². The summed E-state index contributed by atoms with van der Waals surface area (Å²) in [6.07, 6.45) is 4.14. The van der Waals surface area contributed by atoms with E-state index < -0.39 is 0 Å². The number of benzene rings is 2. The summed E-state index contributed by atoms with van der Waals surface area (Å²) in [5.41, 5.74) is 2.77. The molecule has 0 spiro atoms. The molecule has 0 aliphatic carbocycles. The molecule has 1 N–H and O–H groups in total. The fraction of sp³-hybridized carbons (Fsp3) is 0.250. The molecule has 3 rings (SSSR count). The first-order chi connectivity index (χ1) is 12.2. The van der Waals surface area contributed by atoms with E-state index in [2.05, 4.69) is 12.2 Å². The standard InChI is InChI=1S/C20H21NO4/c1-3-14-5-4-6-16(11-14)21-19(22)8-7-15-12-17(23-2)20-18(13-15)24-9-10-25-20/h4-8,11-13H,3,9-10H2,1-2H3,(H,21,22)/b8-7+. The number of amides is 1. The molecule has 0 aromatic heterocycles. The van der Waals surface area contributed by atoms with Crippen molar-refractivity contribution in [3.63, 3.8) is 0 Å². The molecule has 0 radical (unpaired) electrons. The zero-order valence-corrected chi connectivity index (χ0v) is 14.4. The van der Waals surface area contributed by atoms with Crippen LogP contribution in [0, 0.1) is 0 Å². The van der Waals surface area contributed by atoms with Gasteiger partial charge in [0.15, 0.2) is 11.5 Å². The molecule has 1 amide bonds. The second kappa shape index (κ2) is 7.75. The number of nitrogens with one attached hydrogen (secondary N) is 1. The van der Waals surface area contributed by atoms with Crippen LogP contribution in [0.5, 0.6) is 17.2 Å². The Labute approximate surface area is 147 Å². The molecule has 1 aliphatic heterocycles. The minimum Gasteiger partial charge on any atom is -0.493 e. The van der Waals surface area contributed by atoms with Crippen molar-refractivity contribution in [2.75, 3.05) is 25.6 Å². The minimum absolute atomic E-state index is 0.192. The fourth-order valence-electron chi connectivity index (χ4n) is 2.61. The highest BCUT2D eigenvalue weighted by molar-refractivity contribution is 6.02. The van der Waals surface area contributed by atoms with Crippen LogP contribution in [0.15, 0.2) is 42.5 Å². The van der Waals surface area contributed by atoms with Crippen LogP contribution in [0.1, 0.15) is 18.1 Å². The van der Waals surface area contributed by atoms with E-state index in [0.29, 0.717) is 30.5 Å². The number of hydrogen-bond donors (Lipinski definition) is 1. The molecule has 0 atom stereocenters. The maximum Gasteiger partial charge on any atom is 0.248 e. The smallest absolute Gasteiger partial charge is 0.248 e. The molecule has 5 nitrogen and oxygen atoms in total. The minimum atomic E-state index is -0.192. The van der Waals surface area contributed by atoms with Gasteiger partial charge >= 0.3 is 0 Å². The molecule has 1 aliphatic rings. The van der Waals surface area contributed by atoms with Crippen molar-refractivity contribution in [3.8, 4) is 17.2 Å². The van der Waals surface area contributed by atoms with Crippen LogP contribution >= 0.6 is 0 Å². The van der Waals surface area contributed by atoms with Gasteiger partial charge in [-0.2, -0.15) is 0 Å². The summed E-state index contributed by atoms with van der Waals surface area (Å²) < 4.78 is 16.5. The number of carbonyl (C=O) groups excluding carboxylic acids is 1. The molecule has 25 heavy (non-hydrogen) atoms. The maximum absolute atomic E-state index is 12.1. The monoisotopic (exact) mass is 339 g/mol. The Hall–Kier alpha value is -2.95. The predicted octanol–water partition coefficient (Wildman–Crippen LogP) is 3.68. The van der Waals surface area contributed by atoms with Gasteiger partial charge < -0.3 is 19.5 Å². The maximum atomic E-state index is 12.1. The van der Waals surface area contributed by atoms with Crippen molar-refractivity contribution < 1.29 is 19.0 Å².